The fourth-order valence-electron chi connectivity index (χ4n) is 2.52. The molecule has 0 aliphatic heterocycles. The number of nitrogens with zero attached hydrogens (tertiary/aromatic N) is 2. The minimum absolute atomic E-state index is 0.145. The Bertz CT molecular complexity index is 752. The molecule has 0 fully saturated rings. The van der Waals surface area contributed by atoms with E-state index in [9.17, 15) is 0 Å². The second-order valence-corrected chi connectivity index (χ2v) is 5.61. The average Bonchev–Trinajstić information content (AvgIpc) is 2.94. The summed E-state index contributed by atoms with van der Waals surface area (Å²) in [6.07, 6.45) is 3.89. The highest BCUT2D eigenvalue weighted by atomic mass is 35.5. The van der Waals surface area contributed by atoms with Gasteiger partial charge in [0, 0.05) is 42.4 Å². The van der Waals surface area contributed by atoms with Crippen molar-refractivity contribution in [1.82, 2.24) is 14.9 Å². The summed E-state index contributed by atoms with van der Waals surface area (Å²) in [5.74, 6) is 0. The Kier molecular flexibility index (Phi) is 4.73. The molecule has 0 saturated carbocycles. The van der Waals surface area contributed by atoms with Crippen molar-refractivity contribution in [2.24, 2.45) is 0 Å². The van der Waals surface area contributed by atoms with Crippen LogP contribution < -0.4 is 5.32 Å². The van der Waals surface area contributed by atoms with E-state index in [0.717, 1.165) is 29.1 Å². The first kappa shape index (κ1) is 15.0. The van der Waals surface area contributed by atoms with Crippen LogP contribution in [0, 0.1) is 0 Å². The standard InChI is InChI=1S/C17H18ClN3O/c18-15-3-1-13(2-4-15)12-21-9-6-16-14(11-19-8-10-22)5-7-20-17(16)21/h1-7,9,19,22H,8,10-12H2. The molecule has 114 valence electrons. The van der Waals surface area contributed by atoms with E-state index < -0.39 is 0 Å². The van der Waals surface area contributed by atoms with Crippen molar-refractivity contribution in [2.45, 2.75) is 13.1 Å². The number of pyridine rings is 1. The lowest BCUT2D eigenvalue weighted by Gasteiger charge is -2.07. The highest BCUT2D eigenvalue weighted by molar-refractivity contribution is 6.30. The van der Waals surface area contributed by atoms with Crippen molar-refractivity contribution in [3.63, 3.8) is 0 Å². The third kappa shape index (κ3) is 3.30. The van der Waals surface area contributed by atoms with Crippen LogP contribution >= 0.6 is 11.6 Å². The number of hydrogen-bond acceptors (Lipinski definition) is 3. The fraction of sp³-hybridized carbons (Fsp3) is 0.235. The Morgan fingerprint density at radius 3 is 2.73 bits per heavy atom. The van der Waals surface area contributed by atoms with E-state index in [-0.39, 0.29) is 6.61 Å². The van der Waals surface area contributed by atoms with Crippen LogP contribution in [-0.2, 0) is 13.1 Å². The normalized spacial score (nSPS) is 11.2. The summed E-state index contributed by atoms with van der Waals surface area (Å²) >= 11 is 5.93. The van der Waals surface area contributed by atoms with Crippen LogP contribution in [0.15, 0.2) is 48.8 Å². The van der Waals surface area contributed by atoms with Gasteiger partial charge in [-0.25, -0.2) is 4.98 Å². The number of fused-ring (bicyclic) bond motifs is 1. The number of rotatable bonds is 6. The zero-order valence-corrected chi connectivity index (χ0v) is 12.9. The van der Waals surface area contributed by atoms with Gasteiger partial charge in [-0.2, -0.15) is 0 Å². The summed E-state index contributed by atoms with van der Waals surface area (Å²) in [6.45, 7) is 2.23. The SMILES string of the molecule is OCCNCc1ccnc2c1ccn2Cc1ccc(Cl)cc1. The number of aliphatic hydroxyl groups is 1. The van der Waals surface area contributed by atoms with Crippen molar-refractivity contribution >= 4 is 22.6 Å². The molecule has 5 heteroatoms. The van der Waals surface area contributed by atoms with Crippen LogP contribution in [0.4, 0.5) is 0 Å². The smallest absolute Gasteiger partial charge is 0.140 e. The Labute approximate surface area is 134 Å². The van der Waals surface area contributed by atoms with Gasteiger partial charge in [0.15, 0.2) is 0 Å². The van der Waals surface area contributed by atoms with E-state index in [1.54, 1.807) is 0 Å². The Balaban J connectivity index is 1.85. The summed E-state index contributed by atoms with van der Waals surface area (Å²) in [5, 5.41) is 14.0. The van der Waals surface area contributed by atoms with Crippen LogP contribution in [0.5, 0.6) is 0 Å². The molecule has 0 atom stereocenters. The number of hydrogen-bond donors (Lipinski definition) is 2. The summed E-state index contributed by atoms with van der Waals surface area (Å²) in [7, 11) is 0. The third-order valence-corrected chi connectivity index (χ3v) is 3.87. The number of aromatic nitrogens is 2. The van der Waals surface area contributed by atoms with Crippen molar-refractivity contribution in [3.05, 3.63) is 64.9 Å². The molecule has 2 aromatic heterocycles. The largest absolute Gasteiger partial charge is 0.395 e. The lowest BCUT2D eigenvalue weighted by atomic mass is 10.2. The second-order valence-electron chi connectivity index (χ2n) is 5.18. The van der Waals surface area contributed by atoms with Gasteiger partial charge in [-0.05, 0) is 35.4 Å². The Morgan fingerprint density at radius 1 is 1.14 bits per heavy atom. The lowest BCUT2D eigenvalue weighted by molar-refractivity contribution is 0.292. The molecule has 2 N–H and O–H groups in total. The highest BCUT2D eigenvalue weighted by Gasteiger charge is 2.07. The maximum Gasteiger partial charge on any atom is 0.140 e. The van der Waals surface area contributed by atoms with Gasteiger partial charge in [0.2, 0.25) is 0 Å². The molecule has 22 heavy (non-hydrogen) atoms. The van der Waals surface area contributed by atoms with E-state index in [1.807, 2.05) is 36.5 Å². The molecule has 0 radical (unpaired) electrons. The molecule has 0 spiro atoms. The predicted molar refractivity (Wildman–Crippen MR) is 89.1 cm³/mol. The maximum atomic E-state index is 8.86. The Hall–Kier alpha value is -1.88. The summed E-state index contributed by atoms with van der Waals surface area (Å²) in [4.78, 5) is 4.50. The zero-order chi connectivity index (χ0) is 15.4. The predicted octanol–water partition coefficient (Wildman–Crippen LogP) is 2.82. The fourth-order valence-corrected chi connectivity index (χ4v) is 2.64. The maximum absolute atomic E-state index is 8.86. The topological polar surface area (TPSA) is 50.1 Å². The molecular formula is C17H18ClN3O. The first-order valence-electron chi connectivity index (χ1n) is 7.26. The first-order chi connectivity index (χ1) is 10.8. The first-order valence-corrected chi connectivity index (χ1v) is 7.64. The van der Waals surface area contributed by atoms with E-state index >= 15 is 0 Å². The molecule has 0 aliphatic rings. The van der Waals surface area contributed by atoms with Crippen LogP contribution in [-0.4, -0.2) is 27.8 Å². The van der Waals surface area contributed by atoms with Gasteiger partial charge >= 0.3 is 0 Å². The highest BCUT2D eigenvalue weighted by Crippen LogP contribution is 2.20. The van der Waals surface area contributed by atoms with Crippen LogP contribution in [0.25, 0.3) is 11.0 Å². The summed E-state index contributed by atoms with van der Waals surface area (Å²) < 4.78 is 2.13. The van der Waals surface area contributed by atoms with Crippen LogP contribution in [0.2, 0.25) is 5.02 Å². The van der Waals surface area contributed by atoms with Crippen molar-refractivity contribution in [1.29, 1.82) is 0 Å². The summed E-state index contributed by atoms with van der Waals surface area (Å²) in [5.41, 5.74) is 3.35. The van der Waals surface area contributed by atoms with E-state index in [1.165, 1.54) is 11.1 Å². The molecule has 0 aliphatic carbocycles. The summed E-state index contributed by atoms with van der Waals surface area (Å²) in [6, 6.07) is 12.0. The van der Waals surface area contributed by atoms with Gasteiger partial charge in [-0.15, -0.1) is 0 Å². The van der Waals surface area contributed by atoms with Crippen molar-refractivity contribution < 1.29 is 5.11 Å². The zero-order valence-electron chi connectivity index (χ0n) is 12.2. The number of aliphatic hydroxyl groups excluding tert-OH is 1. The van der Waals surface area contributed by atoms with E-state index in [2.05, 4.69) is 27.1 Å². The van der Waals surface area contributed by atoms with Gasteiger partial charge < -0.3 is 15.0 Å². The second kappa shape index (κ2) is 6.92. The van der Waals surface area contributed by atoms with Gasteiger partial charge in [0.05, 0.1) is 6.61 Å². The molecule has 0 amide bonds. The minimum atomic E-state index is 0.145. The molecule has 4 nitrogen and oxygen atoms in total. The molecule has 0 bridgehead atoms. The van der Waals surface area contributed by atoms with Crippen LogP contribution in [0.1, 0.15) is 11.1 Å². The molecular weight excluding hydrogens is 298 g/mol. The van der Waals surface area contributed by atoms with Gasteiger partial charge in [-0.1, -0.05) is 23.7 Å². The van der Waals surface area contributed by atoms with Gasteiger partial charge in [-0.3, -0.25) is 0 Å². The molecule has 3 aromatic rings. The quantitative estimate of drug-likeness (QED) is 0.688. The third-order valence-electron chi connectivity index (χ3n) is 3.62. The van der Waals surface area contributed by atoms with Crippen LogP contribution in [0.3, 0.4) is 0 Å². The van der Waals surface area contributed by atoms with Gasteiger partial charge in [0.1, 0.15) is 5.65 Å². The van der Waals surface area contributed by atoms with E-state index in [0.29, 0.717) is 6.54 Å². The Morgan fingerprint density at radius 2 is 1.95 bits per heavy atom. The van der Waals surface area contributed by atoms with Gasteiger partial charge in [0.25, 0.3) is 0 Å². The monoisotopic (exact) mass is 315 g/mol. The molecule has 1 aromatic carbocycles. The minimum Gasteiger partial charge on any atom is -0.395 e. The molecule has 0 unspecified atom stereocenters. The number of nitrogens with one attached hydrogen (secondary N) is 1. The lowest BCUT2D eigenvalue weighted by Crippen LogP contribution is -2.17. The van der Waals surface area contributed by atoms with Crippen molar-refractivity contribution in [3.8, 4) is 0 Å². The number of halogens is 1. The molecule has 2 heterocycles. The average molecular weight is 316 g/mol. The van der Waals surface area contributed by atoms with E-state index in [4.69, 9.17) is 16.7 Å². The number of benzene rings is 1. The van der Waals surface area contributed by atoms with Crippen molar-refractivity contribution in [2.75, 3.05) is 13.2 Å². The molecule has 0 saturated heterocycles. The molecule has 3 rings (SSSR count).